The summed E-state index contributed by atoms with van der Waals surface area (Å²) in [5.41, 5.74) is 1.44. The minimum atomic E-state index is -0.235. The molecule has 1 heterocycles. The van der Waals surface area contributed by atoms with Crippen molar-refractivity contribution in [1.29, 1.82) is 0 Å². The highest BCUT2D eigenvalue weighted by atomic mass is 16.5. The zero-order valence-corrected chi connectivity index (χ0v) is 15.1. The molecule has 0 bridgehead atoms. The standard InChI is InChI=1S/C19H28N4O2/c1-20-18(22-16-8-10-23(11-9-16)19(24)25-2)21-13-15-12-17(15)14-6-4-3-5-7-14/h3-7,15-17H,8-13H2,1-2H3,(H2,20,21,22). The predicted molar refractivity (Wildman–Crippen MR) is 98.8 cm³/mol. The van der Waals surface area contributed by atoms with Crippen LogP contribution in [0.1, 0.15) is 30.7 Å². The number of carbonyl (C=O) groups excluding carboxylic acids is 1. The van der Waals surface area contributed by atoms with Crippen molar-refractivity contribution in [2.75, 3.05) is 33.8 Å². The molecule has 2 fully saturated rings. The van der Waals surface area contributed by atoms with Crippen molar-refractivity contribution in [2.24, 2.45) is 10.9 Å². The van der Waals surface area contributed by atoms with Gasteiger partial charge >= 0.3 is 6.09 Å². The van der Waals surface area contributed by atoms with Crippen molar-refractivity contribution in [3.05, 3.63) is 35.9 Å². The van der Waals surface area contributed by atoms with Crippen LogP contribution in [-0.4, -0.2) is 56.8 Å². The van der Waals surface area contributed by atoms with E-state index < -0.39 is 0 Å². The lowest BCUT2D eigenvalue weighted by molar-refractivity contribution is 0.111. The van der Waals surface area contributed by atoms with Crippen LogP contribution in [0, 0.1) is 5.92 Å². The van der Waals surface area contributed by atoms with Gasteiger partial charge in [0.05, 0.1) is 7.11 Å². The number of nitrogens with zero attached hydrogens (tertiary/aromatic N) is 2. The first-order valence-electron chi connectivity index (χ1n) is 9.06. The Hall–Kier alpha value is -2.24. The number of aliphatic imine (C=N–C) groups is 1. The van der Waals surface area contributed by atoms with E-state index in [2.05, 4.69) is 46.0 Å². The lowest BCUT2D eigenvalue weighted by atomic mass is 10.1. The van der Waals surface area contributed by atoms with E-state index in [1.807, 2.05) is 0 Å². The second-order valence-corrected chi connectivity index (χ2v) is 6.84. The molecule has 0 aromatic heterocycles. The Labute approximate surface area is 149 Å². The molecule has 1 saturated carbocycles. The summed E-state index contributed by atoms with van der Waals surface area (Å²) in [5, 5.41) is 6.94. The molecule has 6 heteroatoms. The number of hydrogen-bond donors (Lipinski definition) is 2. The number of nitrogens with one attached hydrogen (secondary N) is 2. The molecule has 2 aliphatic rings. The summed E-state index contributed by atoms with van der Waals surface area (Å²) in [7, 11) is 3.24. The van der Waals surface area contributed by atoms with Gasteiger partial charge < -0.3 is 20.3 Å². The van der Waals surface area contributed by atoms with Crippen LogP contribution in [0.15, 0.2) is 35.3 Å². The van der Waals surface area contributed by atoms with E-state index in [0.717, 1.165) is 38.4 Å². The van der Waals surface area contributed by atoms with E-state index in [1.54, 1.807) is 11.9 Å². The van der Waals surface area contributed by atoms with Gasteiger partial charge in [-0.15, -0.1) is 0 Å². The van der Waals surface area contributed by atoms with Crippen LogP contribution in [0.25, 0.3) is 0 Å². The molecule has 1 amide bonds. The predicted octanol–water partition coefficient (Wildman–Crippen LogP) is 2.19. The molecule has 0 radical (unpaired) electrons. The van der Waals surface area contributed by atoms with Crippen LogP contribution in [-0.2, 0) is 4.74 Å². The van der Waals surface area contributed by atoms with Crippen LogP contribution in [0.5, 0.6) is 0 Å². The van der Waals surface area contributed by atoms with Crippen LogP contribution in [0.4, 0.5) is 4.79 Å². The summed E-state index contributed by atoms with van der Waals surface area (Å²) < 4.78 is 4.78. The summed E-state index contributed by atoms with van der Waals surface area (Å²) in [6, 6.07) is 11.1. The average molecular weight is 344 g/mol. The van der Waals surface area contributed by atoms with Gasteiger partial charge in [0.15, 0.2) is 5.96 Å². The number of hydrogen-bond acceptors (Lipinski definition) is 3. The van der Waals surface area contributed by atoms with Crippen molar-refractivity contribution in [1.82, 2.24) is 15.5 Å². The number of likely N-dealkylation sites (tertiary alicyclic amines) is 1. The summed E-state index contributed by atoms with van der Waals surface area (Å²) >= 11 is 0. The van der Waals surface area contributed by atoms with Crippen molar-refractivity contribution in [3.8, 4) is 0 Å². The molecule has 0 spiro atoms. The third-order valence-electron chi connectivity index (χ3n) is 5.17. The second-order valence-electron chi connectivity index (χ2n) is 6.84. The lowest BCUT2D eigenvalue weighted by Crippen LogP contribution is -2.50. The SMILES string of the molecule is CN=C(NCC1CC1c1ccccc1)NC1CCN(C(=O)OC)CC1. The van der Waals surface area contributed by atoms with Gasteiger partial charge in [0, 0.05) is 32.7 Å². The van der Waals surface area contributed by atoms with E-state index in [1.165, 1.54) is 19.1 Å². The highest BCUT2D eigenvalue weighted by Gasteiger charge is 2.38. The summed E-state index contributed by atoms with van der Waals surface area (Å²) in [4.78, 5) is 17.6. The second kappa shape index (κ2) is 8.23. The monoisotopic (exact) mass is 344 g/mol. The Morgan fingerprint density at radius 2 is 2.00 bits per heavy atom. The number of benzene rings is 1. The topological polar surface area (TPSA) is 66.0 Å². The molecule has 25 heavy (non-hydrogen) atoms. The van der Waals surface area contributed by atoms with E-state index in [0.29, 0.717) is 17.9 Å². The molecule has 136 valence electrons. The van der Waals surface area contributed by atoms with Gasteiger partial charge in [-0.2, -0.15) is 0 Å². The first-order valence-corrected chi connectivity index (χ1v) is 9.06. The van der Waals surface area contributed by atoms with Crippen LogP contribution in [0.3, 0.4) is 0 Å². The molecule has 2 N–H and O–H groups in total. The van der Waals surface area contributed by atoms with Crippen LogP contribution in [0.2, 0.25) is 0 Å². The Bertz CT molecular complexity index is 597. The summed E-state index contributed by atoms with van der Waals surface area (Å²) in [6.45, 7) is 2.39. The summed E-state index contributed by atoms with van der Waals surface area (Å²) in [6.07, 6.45) is 2.82. The molecule has 1 aromatic rings. The van der Waals surface area contributed by atoms with Gasteiger partial charge in [0.25, 0.3) is 0 Å². The van der Waals surface area contributed by atoms with Gasteiger partial charge in [-0.05, 0) is 36.7 Å². The van der Waals surface area contributed by atoms with E-state index in [4.69, 9.17) is 4.74 Å². The number of methoxy groups -OCH3 is 1. The average Bonchev–Trinajstić information content (AvgIpc) is 3.45. The Morgan fingerprint density at radius 1 is 1.28 bits per heavy atom. The molecule has 1 aliphatic heterocycles. The molecular formula is C19H28N4O2. The minimum absolute atomic E-state index is 0.235. The fourth-order valence-corrected chi connectivity index (χ4v) is 3.53. The Balaban J connectivity index is 1.39. The maximum absolute atomic E-state index is 11.5. The quantitative estimate of drug-likeness (QED) is 0.649. The number of ether oxygens (including phenoxy) is 1. The molecule has 1 saturated heterocycles. The van der Waals surface area contributed by atoms with E-state index in [9.17, 15) is 4.79 Å². The number of rotatable bonds is 4. The first-order chi connectivity index (χ1) is 12.2. The maximum atomic E-state index is 11.5. The van der Waals surface area contributed by atoms with E-state index >= 15 is 0 Å². The number of carbonyl (C=O) groups is 1. The normalized spacial score (nSPS) is 23.9. The molecular weight excluding hydrogens is 316 g/mol. The van der Waals surface area contributed by atoms with Gasteiger partial charge in [-0.25, -0.2) is 4.79 Å². The van der Waals surface area contributed by atoms with Crippen molar-refractivity contribution in [2.45, 2.75) is 31.2 Å². The smallest absolute Gasteiger partial charge is 0.409 e. The Morgan fingerprint density at radius 3 is 2.64 bits per heavy atom. The largest absolute Gasteiger partial charge is 0.453 e. The molecule has 6 nitrogen and oxygen atoms in total. The first kappa shape index (κ1) is 17.6. The van der Waals surface area contributed by atoms with Crippen LogP contribution < -0.4 is 10.6 Å². The number of piperidine rings is 1. The van der Waals surface area contributed by atoms with Crippen molar-refractivity contribution in [3.63, 3.8) is 0 Å². The minimum Gasteiger partial charge on any atom is -0.453 e. The highest BCUT2D eigenvalue weighted by Crippen LogP contribution is 2.46. The van der Waals surface area contributed by atoms with E-state index in [-0.39, 0.29) is 6.09 Å². The molecule has 2 atom stereocenters. The fraction of sp³-hybridized carbons (Fsp3) is 0.579. The lowest BCUT2D eigenvalue weighted by Gasteiger charge is -2.32. The molecule has 3 rings (SSSR count). The van der Waals surface area contributed by atoms with Gasteiger partial charge in [-0.1, -0.05) is 30.3 Å². The van der Waals surface area contributed by atoms with Crippen molar-refractivity contribution < 1.29 is 9.53 Å². The Kier molecular flexibility index (Phi) is 5.79. The zero-order chi connectivity index (χ0) is 17.6. The third-order valence-corrected chi connectivity index (χ3v) is 5.17. The number of guanidine groups is 1. The fourth-order valence-electron chi connectivity index (χ4n) is 3.53. The van der Waals surface area contributed by atoms with Crippen LogP contribution >= 0.6 is 0 Å². The molecule has 2 unspecified atom stereocenters. The maximum Gasteiger partial charge on any atom is 0.409 e. The van der Waals surface area contributed by atoms with Gasteiger partial charge in [0.2, 0.25) is 0 Å². The van der Waals surface area contributed by atoms with Gasteiger partial charge in [-0.3, -0.25) is 4.99 Å². The van der Waals surface area contributed by atoms with Gasteiger partial charge in [0.1, 0.15) is 0 Å². The third kappa shape index (κ3) is 4.65. The number of amides is 1. The molecule has 1 aliphatic carbocycles. The highest BCUT2D eigenvalue weighted by molar-refractivity contribution is 5.80. The van der Waals surface area contributed by atoms with Crippen molar-refractivity contribution >= 4 is 12.1 Å². The summed E-state index contributed by atoms with van der Waals surface area (Å²) in [5.74, 6) is 2.22. The molecule has 1 aromatic carbocycles. The zero-order valence-electron chi connectivity index (χ0n) is 15.1.